The fourth-order valence-electron chi connectivity index (χ4n) is 0. The van der Waals surface area contributed by atoms with E-state index in [-0.39, 0.29) is 129 Å². The molecule has 9 radical (unpaired) electrons. The van der Waals surface area contributed by atoms with Gasteiger partial charge in [0, 0.05) is 129 Å². The van der Waals surface area contributed by atoms with E-state index in [1.54, 1.807) is 0 Å². The van der Waals surface area contributed by atoms with Gasteiger partial charge in [-0.2, -0.15) is 0 Å². The Morgan fingerprint density at radius 2 is 0.333 bits per heavy atom. The Hall–Kier alpha value is 4.24. The molecular formula is GeNb5. The number of rotatable bonds is 0. The summed E-state index contributed by atoms with van der Waals surface area (Å²) in [6.45, 7) is 0. The first-order valence-electron chi connectivity index (χ1n) is 0. The van der Waals surface area contributed by atoms with Crippen molar-refractivity contribution in [2.75, 3.05) is 0 Å². The molecule has 0 spiro atoms. The van der Waals surface area contributed by atoms with Crippen molar-refractivity contribution in [1.82, 2.24) is 0 Å². The molecule has 0 amide bonds. The van der Waals surface area contributed by atoms with Crippen molar-refractivity contribution >= 4 is 17.6 Å². The summed E-state index contributed by atoms with van der Waals surface area (Å²) in [4.78, 5) is 0. The molecule has 6 heteroatoms. The fourth-order valence-corrected chi connectivity index (χ4v) is 0. The summed E-state index contributed by atoms with van der Waals surface area (Å²) in [5, 5.41) is 0. The molecule has 0 heterocycles. The van der Waals surface area contributed by atoms with Gasteiger partial charge in [0.2, 0.25) is 0 Å². The molecule has 0 unspecified atom stereocenters. The second kappa shape index (κ2) is 34.9. The molecule has 0 aliphatic rings. The van der Waals surface area contributed by atoms with Gasteiger partial charge in [0.25, 0.3) is 0 Å². The molecule has 0 saturated heterocycles. The molecule has 0 bridgehead atoms. The van der Waals surface area contributed by atoms with Crippen molar-refractivity contribution in [1.29, 1.82) is 0 Å². The number of hydrogen-bond donors (Lipinski definition) is 0. The Morgan fingerprint density at radius 3 is 0.333 bits per heavy atom. The minimum absolute atomic E-state index is 0. The van der Waals surface area contributed by atoms with Gasteiger partial charge in [0.1, 0.15) is 0 Å². The van der Waals surface area contributed by atoms with Crippen LogP contribution >= 0.6 is 0 Å². The van der Waals surface area contributed by atoms with Gasteiger partial charge in [-0.1, -0.05) is 0 Å². The van der Waals surface area contributed by atoms with Crippen molar-refractivity contribution in [3.63, 3.8) is 0 Å². The maximum Gasteiger partial charge on any atom is 0 e. The first-order chi connectivity index (χ1) is 0. The molecule has 0 saturated carbocycles. The quantitative estimate of drug-likeness (QED) is 0.370. The molecule has 0 aromatic carbocycles. The molecule has 0 aliphatic heterocycles. The molecule has 0 N–H and O–H groups in total. The summed E-state index contributed by atoms with van der Waals surface area (Å²) in [5.41, 5.74) is 0. The summed E-state index contributed by atoms with van der Waals surface area (Å²) < 4.78 is 0. The number of hydrogen-bond acceptors (Lipinski definition) is 0. The van der Waals surface area contributed by atoms with E-state index in [2.05, 4.69) is 0 Å². The maximum atomic E-state index is 0. The van der Waals surface area contributed by atoms with Crippen molar-refractivity contribution < 1.29 is 112 Å². The SMILES string of the molecule is [Ge].[Nb].[Nb].[Nb].[Nb].[Nb]. The van der Waals surface area contributed by atoms with Crippen LogP contribution in [0.15, 0.2) is 0 Å². The summed E-state index contributed by atoms with van der Waals surface area (Å²) in [5.74, 6) is 0. The monoisotopic (exact) mass is 538 g/mol. The Kier molecular flexibility index (Phi) is 283. The van der Waals surface area contributed by atoms with Crippen LogP contribution in [-0.2, 0) is 112 Å². The van der Waals surface area contributed by atoms with Gasteiger partial charge in [-0.15, -0.1) is 0 Å². The van der Waals surface area contributed by atoms with Crippen LogP contribution in [0.5, 0.6) is 0 Å². The molecule has 0 rings (SSSR count). The Labute approximate surface area is 127 Å². The Bertz CT molecular complexity index is 3.90. The zero-order valence-electron chi connectivity index (χ0n) is 2.74. The van der Waals surface area contributed by atoms with E-state index in [1.165, 1.54) is 0 Å². The first-order valence-corrected chi connectivity index (χ1v) is 0. The average molecular weight is 537 g/mol. The predicted molar refractivity (Wildman–Crippen MR) is 5.75 cm³/mol. The van der Waals surface area contributed by atoms with Crippen molar-refractivity contribution in [2.24, 2.45) is 0 Å². The smallest absolute Gasteiger partial charge is 0 e. The topological polar surface area (TPSA) is 0 Å². The van der Waals surface area contributed by atoms with Crippen LogP contribution in [0, 0.1) is 0 Å². The van der Waals surface area contributed by atoms with Gasteiger partial charge in [0.15, 0.2) is 0 Å². The van der Waals surface area contributed by atoms with Crippen LogP contribution < -0.4 is 0 Å². The van der Waals surface area contributed by atoms with E-state index in [0.717, 1.165) is 0 Å². The molecule has 6 heavy (non-hydrogen) atoms. The summed E-state index contributed by atoms with van der Waals surface area (Å²) in [6, 6.07) is 0. The second-order valence-electron chi connectivity index (χ2n) is 0. The normalized spacial score (nSPS) is 0. The molecule has 0 aromatic rings. The molecular weight excluding hydrogens is 537 g/mol. The van der Waals surface area contributed by atoms with E-state index in [4.69, 9.17) is 0 Å². The Balaban J connectivity index is 0. The van der Waals surface area contributed by atoms with Crippen LogP contribution in [0.4, 0.5) is 0 Å². The Morgan fingerprint density at radius 1 is 0.333 bits per heavy atom. The second-order valence-corrected chi connectivity index (χ2v) is 0. The van der Waals surface area contributed by atoms with Gasteiger partial charge >= 0.3 is 0 Å². The third-order valence-electron chi connectivity index (χ3n) is 0. The maximum absolute atomic E-state index is 0. The largest absolute Gasteiger partial charge is 0 e. The molecule has 29 valence electrons. The van der Waals surface area contributed by atoms with Crippen molar-refractivity contribution in [3.05, 3.63) is 0 Å². The third-order valence-corrected chi connectivity index (χ3v) is 0. The summed E-state index contributed by atoms with van der Waals surface area (Å²) in [7, 11) is 0. The van der Waals surface area contributed by atoms with Crippen LogP contribution in [-0.4, -0.2) is 17.6 Å². The standard InChI is InChI=1S/Ge.5Nb. The summed E-state index contributed by atoms with van der Waals surface area (Å²) >= 11 is 0. The van der Waals surface area contributed by atoms with Crippen molar-refractivity contribution in [2.45, 2.75) is 0 Å². The zero-order valence-corrected chi connectivity index (χ0v) is 15.8. The van der Waals surface area contributed by atoms with Gasteiger partial charge in [-0.3, -0.25) is 0 Å². The van der Waals surface area contributed by atoms with Crippen LogP contribution in [0.25, 0.3) is 0 Å². The minimum atomic E-state index is 0. The van der Waals surface area contributed by atoms with E-state index in [9.17, 15) is 0 Å². The predicted octanol–water partition coefficient (Wildman–Crippen LogP) is -0.393. The van der Waals surface area contributed by atoms with Gasteiger partial charge in [-0.05, 0) is 0 Å². The molecule has 0 nitrogen and oxygen atoms in total. The van der Waals surface area contributed by atoms with Crippen LogP contribution in [0.2, 0.25) is 0 Å². The van der Waals surface area contributed by atoms with E-state index in [1.807, 2.05) is 0 Å². The van der Waals surface area contributed by atoms with E-state index >= 15 is 0 Å². The van der Waals surface area contributed by atoms with Crippen molar-refractivity contribution in [3.8, 4) is 0 Å². The van der Waals surface area contributed by atoms with Gasteiger partial charge in [-0.25, -0.2) is 0 Å². The fraction of sp³-hybridized carbons (Fsp3) is 0. The first kappa shape index (κ1) is 48.6. The minimum Gasteiger partial charge on any atom is 0 e. The average Bonchev–Trinajstić information content (AvgIpc) is 0. The molecule has 0 aromatic heterocycles. The zero-order chi connectivity index (χ0) is 0. The molecule has 0 aliphatic carbocycles. The van der Waals surface area contributed by atoms with Gasteiger partial charge < -0.3 is 0 Å². The van der Waals surface area contributed by atoms with Gasteiger partial charge in [0.05, 0.1) is 0 Å². The summed E-state index contributed by atoms with van der Waals surface area (Å²) in [6.07, 6.45) is 0. The van der Waals surface area contributed by atoms with E-state index < -0.39 is 0 Å². The third kappa shape index (κ3) is 24.0. The van der Waals surface area contributed by atoms with E-state index in [0.29, 0.717) is 0 Å². The molecule has 0 atom stereocenters. The van der Waals surface area contributed by atoms with Crippen LogP contribution in [0.1, 0.15) is 0 Å². The van der Waals surface area contributed by atoms with Crippen LogP contribution in [0.3, 0.4) is 0 Å². The molecule has 0 fully saturated rings.